The fraction of sp³-hybridized carbons (Fsp3) is 0.182. The normalized spacial score (nSPS) is 12.8. The topological polar surface area (TPSA) is 91.7 Å². The highest BCUT2D eigenvalue weighted by molar-refractivity contribution is 5.67. The number of alkyl carbamates (subject to hydrolysis) is 1. The van der Waals surface area contributed by atoms with Gasteiger partial charge in [-0.1, -0.05) is 60.7 Å². The van der Waals surface area contributed by atoms with Crippen LogP contribution in [0.1, 0.15) is 17.2 Å². The third kappa shape index (κ3) is 5.39. The average molecular weight is 378 g/mol. The molecule has 28 heavy (non-hydrogen) atoms. The van der Waals surface area contributed by atoms with Crippen LogP contribution in [0, 0.1) is 0 Å². The number of hydrogen-bond donors (Lipinski definition) is 3. The van der Waals surface area contributed by atoms with Gasteiger partial charge in [-0.3, -0.25) is 4.98 Å². The number of carbonyl (C=O) groups excluding carboxylic acids is 1. The molecule has 1 amide bonds. The maximum Gasteiger partial charge on any atom is 0.407 e. The standard InChI is InChI=1S/C22H22N2O4/c25-20(14-24-22(27)28-15-16-6-2-1-3-7-16)21(26)18-11-9-17(10-12-18)19-8-4-5-13-23-19/h1-13,20-21,25-26H,14-15H2,(H,24,27). The number of amides is 1. The smallest absolute Gasteiger partial charge is 0.407 e. The van der Waals surface area contributed by atoms with E-state index in [1.807, 2.05) is 60.7 Å². The summed E-state index contributed by atoms with van der Waals surface area (Å²) in [6, 6.07) is 22.0. The van der Waals surface area contributed by atoms with Crippen LogP contribution >= 0.6 is 0 Å². The van der Waals surface area contributed by atoms with Gasteiger partial charge in [0.25, 0.3) is 0 Å². The minimum absolute atomic E-state index is 0.128. The van der Waals surface area contributed by atoms with Crippen molar-refractivity contribution < 1.29 is 19.7 Å². The van der Waals surface area contributed by atoms with Crippen LogP contribution in [0.5, 0.6) is 0 Å². The molecule has 2 unspecified atom stereocenters. The van der Waals surface area contributed by atoms with Crippen molar-refractivity contribution in [3.05, 3.63) is 90.1 Å². The zero-order valence-electron chi connectivity index (χ0n) is 15.2. The van der Waals surface area contributed by atoms with E-state index < -0.39 is 18.3 Å². The van der Waals surface area contributed by atoms with E-state index in [-0.39, 0.29) is 13.2 Å². The molecule has 3 aromatic rings. The molecule has 0 saturated heterocycles. The number of aliphatic hydroxyl groups excluding tert-OH is 2. The van der Waals surface area contributed by atoms with E-state index in [0.717, 1.165) is 16.8 Å². The minimum Gasteiger partial charge on any atom is -0.445 e. The molecule has 3 rings (SSSR count). The molecular weight excluding hydrogens is 356 g/mol. The summed E-state index contributed by atoms with van der Waals surface area (Å²) in [4.78, 5) is 16.0. The Morgan fingerprint density at radius 3 is 2.36 bits per heavy atom. The monoisotopic (exact) mass is 378 g/mol. The summed E-state index contributed by atoms with van der Waals surface area (Å²) in [5, 5.41) is 22.9. The van der Waals surface area contributed by atoms with Crippen LogP contribution in [-0.4, -0.2) is 33.9 Å². The number of aliphatic hydroxyl groups is 2. The summed E-state index contributed by atoms with van der Waals surface area (Å²) in [6.45, 7) is 0.0110. The Morgan fingerprint density at radius 2 is 1.68 bits per heavy atom. The number of pyridine rings is 1. The van der Waals surface area contributed by atoms with Gasteiger partial charge < -0.3 is 20.3 Å². The lowest BCUT2D eigenvalue weighted by atomic mass is 10.0. The van der Waals surface area contributed by atoms with Gasteiger partial charge in [0.2, 0.25) is 0 Å². The quantitative estimate of drug-likeness (QED) is 0.588. The van der Waals surface area contributed by atoms with E-state index in [2.05, 4.69) is 10.3 Å². The van der Waals surface area contributed by atoms with Crippen molar-refractivity contribution in [1.29, 1.82) is 0 Å². The lowest BCUT2D eigenvalue weighted by molar-refractivity contribution is 0.0184. The number of benzene rings is 2. The second kappa shape index (κ2) is 9.64. The highest BCUT2D eigenvalue weighted by Crippen LogP contribution is 2.22. The number of nitrogens with zero attached hydrogens (tertiary/aromatic N) is 1. The molecule has 6 heteroatoms. The summed E-state index contributed by atoms with van der Waals surface area (Å²) >= 11 is 0. The van der Waals surface area contributed by atoms with Crippen molar-refractivity contribution in [1.82, 2.24) is 10.3 Å². The lowest BCUT2D eigenvalue weighted by Crippen LogP contribution is -2.35. The van der Waals surface area contributed by atoms with Gasteiger partial charge in [0, 0.05) is 18.3 Å². The molecule has 0 saturated carbocycles. The molecule has 144 valence electrons. The Hall–Kier alpha value is -3.22. The molecule has 2 aromatic carbocycles. The largest absolute Gasteiger partial charge is 0.445 e. The number of rotatable bonds is 7. The third-order valence-corrected chi connectivity index (χ3v) is 4.25. The molecule has 3 N–H and O–H groups in total. The van der Waals surface area contributed by atoms with Gasteiger partial charge in [-0.15, -0.1) is 0 Å². The van der Waals surface area contributed by atoms with E-state index >= 15 is 0 Å². The van der Waals surface area contributed by atoms with E-state index in [4.69, 9.17) is 4.74 Å². The SMILES string of the molecule is O=C(NCC(O)C(O)c1ccc(-c2ccccn2)cc1)OCc1ccccc1. The molecule has 0 fully saturated rings. The molecular formula is C22H22N2O4. The molecule has 0 aliphatic rings. The van der Waals surface area contributed by atoms with Crippen molar-refractivity contribution >= 4 is 6.09 Å². The van der Waals surface area contributed by atoms with Gasteiger partial charge in [0.05, 0.1) is 5.69 Å². The minimum atomic E-state index is -1.16. The first-order chi connectivity index (χ1) is 13.6. The van der Waals surface area contributed by atoms with E-state index in [1.54, 1.807) is 18.3 Å². The van der Waals surface area contributed by atoms with Crippen LogP contribution in [0.3, 0.4) is 0 Å². The third-order valence-electron chi connectivity index (χ3n) is 4.25. The van der Waals surface area contributed by atoms with Crippen molar-refractivity contribution in [2.24, 2.45) is 0 Å². The number of carbonyl (C=O) groups is 1. The highest BCUT2D eigenvalue weighted by Gasteiger charge is 2.19. The number of hydrogen-bond acceptors (Lipinski definition) is 5. The Labute approximate surface area is 163 Å². The number of nitrogens with one attached hydrogen (secondary N) is 1. The Bertz CT molecular complexity index is 870. The van der Waals surface area contributed by atoms with Crippen LogP contribution in [0.4, 0.5) is 4.79 Å². The fourth-order valence-corrected chi connectivity index (χ4v) is 2.68. The molecule has 2 atom stereocenters. The Kier molecular flexibility index (Phi) is 6.73. The van der Waals surface area contributed by atoms with Crippen LogP contribution in [0.2, 0.25) is 0 Å². The average Bonchev–Trinajstić information content (AvgIpc) is 2.77. The van der Waals surface area contributed by atoms with Gasteiger partial charge in [0.15, 0.2) is 0 Å². The summed E-state index contributed by atoms with van der Waals surface area (Å²) in [5.41, 5.74) is 3.15. The molecule has 1 aromatic heterocycles. The lowest BCUT2D eigenvalue weighted by Gasteiger charge is -2.19. The molecule has 0 bridgehead atoms. The zero-order valence-corrected chi connectivity index (χ0v) is 15.2. The molecule has 0 aliphatic carbocycles. The van der Waals surface area contributed by atoms with Gasteiger partial charge in [-0.25, -0.2) is 4.79 Å². The van der Waals surface area contributed by atoms with Crippen LogP contribution < -0.4 is 5.32 Å². The second-order valence-electron chi connectivity index (χ2n) is 6.29. The maximum absolute atomic E-state index is 11.7. The molecule has 6 nitrogen and oxygen atoms in total. The van der Waals surface area contributed by atoms with Crippen molar-refractivity contribution in [3.8, 4) is 11.3 Å². The van der Waals surface area contributed by atoms with Crippen molar-refractivity contribution in [3.63, 3.8) is 0 Å². The predicted molar refractivity (Wildman–Crippen MR) is 105 cm³/mol. The van der Waals surface area contributed by atoms with E-state index in [9.17, 15) is 15.0 Å². The van der Waals surface area contributed by atoms with Gasteiger partial charge in [-0.2, -0.15) is 0 Å². The molecule has 0 aliphatic heterocycles. The Balaban J connectivity index is 1.48. The number of ether oxygens (including phenoxy) is 1. The molecule has 1 heterocycles. The van der Waals surface area contributed by atoms with Crippen LogP contribution in [-0.2, 0) is 11.3 Å². The first kappa shape index (κ1) is 19.5. The van der Waals surface area contributed by atoms with Gasteiger partial charge >= 0.3 is 6.09 Å². The summed E-state index contributed by atoms with van der Waals surface area (Å²) < 4.78 is 5.08. The summed E-state index contributed by atoms with van der Waals surface area (Å²) in [5.74, 6) is 0. The van der Waals surface area contributed by atoms with Crippen molar-refractivity contribution in [2.45, 2.75) is 18.8 Å². The predicted octanol–water partition coefficient (Wildman–Crippen LogP) is 3.07. The first-order valence-corrected chi connectivity index (χ1v) is 8.95. The Morgan fingerprint density at radius 1 is 0.964 bits per heavy atom. The first-order valence-electron chi connectivity index (χ1n) is 8.95. The van der Waals surface area contributed by atoms with Gasteiger partial charge in [-0.05, 0) is 23.3 Å². The van der Waals surface area contributed by atoms with Crippen molar-refractivity contribution in [2.75, 3.05) is 6.54 Å². The summed E-state index contributed by atoms with van der Waals surface area (Å²) in [7, 11) is 0. The zero-order chi connectivity index (χ0) is 19.8. The summed E-state index contributed by atoms with van der Waals surface area (Å²) in [6.07, 6.45) is -1.23. The highest BCUT2D eigenvalue weighted by atomic mass is 16.5. The maximum atomic E-state index is 11.7. The van der Waals surface area contributed by atoms with Crippen LogP contribution in [0.25, 0.3) is 11.3 Å². The number of aromatic nitrogens is 1. The second-order valence-corrected chi connectivity index (χ2v) is 6.29. The fourth-order valence-electron chi connectivity index (χ4n) is 2.68. The van der Waals surface area contributed by atoms with E-state index in [0.29, 0.717) is 5.56 Å². The van der Waals surface area contributed by atoms with Gasteiger partial charge in [0.1, 0.15) is 18.8 Å². The molecule has 0 spiro atoms. The van der Waals surface area contributed by atoms with Crippen LogP contribution in [0.15, 0.2) is 79.0 Å². The van der Waals surface area contributed by atoms with E-state index in [1.165, 1.54) is 0 Å². The molecule has 0 radical (unpaired) electrons.